The van der Waals surface area contributed by atoms with Crippen molar-refractivity contribution in [3.05, 3.63) is 0 Å². The van der Waals surface area contributed by atoms with Gasteiger partial charge >= 0.3 is 39.5 Å². The van der Waals surface area contributed by atoms with Gasteiger partial charge < -0.3 is 33.8 Å². The molecule has 0 heterocycles. The van der Waals surface area contributed by atoms with E-state index in [0.717, 1.165) is 115 Å². The van der Waals surface area contributed by atoms with E-state index in [1.165, 1.54) is 141 Å². The van der Waals surface area contributed by atoms with Crippen LogP contribution < -0.4 is 0 Å². The van der Waals surface area contributed by atoms with Gasteiger partial charge in [0, 0.05) is 25.7 Å². The van der Waals surface area contributed by atoms with Gasteiger partial charge in [0.25, 0.3) is 0 Å². The highest BCUT2D eigenvalue weighted by Gasteiger charge is 2.30. The van der Waals surface area contributed by atoms with Crippen LogP contribution in [0.15, 0.2) is 0 Å². The first-order valence-corrected chi connectivity index (χ1v) is 38.0. The Kier molecular flexibility index (Phi) is 58.0. The lowest BCUT2D eigenvalue weighted by Crippen LogP contribution is -2.30. The first-order chi connectivity index (χ1) is 41.4. The number of rotatable bonds is 66. The average Bonchev–Trinajstić information content (AvgIpc) is 3.59. The van der Waals surface area contributed by atoms with Crippen LogP contribution >= 0.6 is 15.6 Å². The van der Waals surface area contributed by atoms with Crippen LogP contribution in [0.25, 0.3) is 0 Å². The van der Waals surface area contributed by atoms with Crippen LogP contribution in [0.1, 0.15) is 337 Å². The third kappa shape index (κ3) is 59.7. The summed E-state index contributed by atoms with van der Waals surface area (Å²) in [4.78, 5) is 72.2. The molecule has 3 unspecified atom stereocenters. The van der Waals surface area contributed by atoms with Crippen LogP contribution in [0.3, 0.4) is 0 Å². The van der Waals surface area contributed by atoms with E-state index in [-0.39, 0.29) is 25.7 Å². The molecule has 0 saturated heterocycles. The molecule has 86 heavy (non-hydrogen) atoms. The number of hydrogen-bond donors (Lipinski definition) is 3. The minimum Gasteiger partial charge on any atom is -0.462 e. The first kappa shape index (κ1) is 84.1. The van der Waals surface area contributed by atoms with Gasteiger partial charge in [-0.2, -0.15) is 0 Å². The maximum atomic E-state index is 13.0. The molecule has 0 aromatic rings. The summed E-state index contributed by atoms with van der Waals surface area (Å²) >= 11 is 0. The van der Waals surface area contributed by atoms with Crippen molar-refractivity contribution in [3.8, 4) is 0 Å². The molecular weight excluding hydrogens is 1140 g/mol. The number of hydrogen-bond acceptors (Lipinski definition) is 15. The summed E-state index contributed by atoms with van der Waals surface area (Å²) in [5.41, 5.74) is 0. The van der Waals surface area contributed by atoms with E-state index in [1.807, 2.05) is 0 Å². The Morgan fingerprint density at radius 2 is 0.593 bits per heavy atom. The van der Waals surface area contributed by atoms with Gasteiger partial charge in [0.05, 0.1) is 26.4 Å². The van der Waals surface area contributed by atoms with E-state index in [4.69, 9.17) is 37.0 Å². The van der Waals surface area contributed by atoms with Gasteiger partial charge in [-0.3, -0.25) is 37.3 Å². The van der Waals surface area contributed by atoms with Crippen LogP contribution in [-0.2, 0) is 65.4 Å². The van der Waals surface area contributed by atoms with Crippen LogP contribution in [0.4, 0.5) is 0 Å². The molecule has 0 aromatic carbocycles. The van der Waals surface area contributed by atoms with Crippen LogP contribution in [-0.4, -0.2) is 96.7 Å². The number of phosphoric ester groups is 2. The highest BCUT2D eigenvalue weighted by atomic mass is 31.2. The molecule has 0 saturated carbocycles. The van der Waals surface area contributed by atoms with Crippen molar-refractivity contribution >= 4 is 39.5 Å². The minimum atomic E-state index is -4.95. The Morgan fingerprint density at radius 3 is 0.884 bits per heavy atom. The molecule has 0 rings (SSSR count). The highest BCUT2D eigenvalue weighted by Crippen LogP contribution is 2.45. The fourth-order valence-electron chi connectivity index (χ4n) is 10.0. The molecule has 0 spiro atoms. The smallest absolute Gasteiger partial charge is 0.462 e. The maximum Gasteiger partial charge on any atom is 0.472 e. The van der Waals surface area contributed by atoms with E-state index in [0.29, 0.717) is 25.7 Å². The molecule has 0 amide bonds. The molecule has 510 valence electrons. The summed E-state index contributed by atoms with van der Waals surface area (Å²) in [6.45, 7) is 9.45. The fraction of sp³-hybridized carbons (Fsp3) is 0.940. The zero-order chi connectivity index (χ0) is 63.6. The Labute approximate surface area is 524 Å². The Morgan fingerprint density at radius 1 is 0.337 bits per heavy atom. The molecule has 0 radical (unpaired) electrons. The van der Waals surface area contributed by atoms with E-state index in [1.54, 1.807) is 0 Å². The third-order valence-corrected chi connectivity index (χ3v) is 17.7. The fourth-order valence-corrected chi connectivity index (χ4v) is 11.6. The molecule has 0 bridgehead atoms. The topological polar surface area (TPSA) is 237 Å². The Balaban J connectivity index is 5.18. The van der Waals surface area contributed by atoms with Crippen LogP contribution in [0.2, 0.25) is 0 Å². The number of carbonyl (C=O) groups is 4. The lowest BCUT2D eigenvalue weighted by molar-refractivity contribution is -0.161. The van der Waals surface area contributed by atoms with Crippen molar-refractivity contribution in [1.82, 2.24) is 0 Å². The van der Waals surface area contributed by atoms with Crippen molar-refractivity contribution in [2.24, 2.45) is 11.8 Å². The maximum absolute atomic E-state index is 13.0. The normalized spacial score (nSPS) is 14.5. The van der Waals surface area contributed by atoms with Crippen molar-refractivity contribution < 1.29 is 80.2 Å². The molecule has 6 atom stereocenters. The molecule has 0 aliphatic carbocycles. The summed E-state index contributed by atoms with van der Waals surface area (Å²) in [6, 6.07) is 0. The van der Waals surface area contributed by atoms with E-state index < -0.39 is 97.5 Å². The number of aliphatic hydroxyl groups is 1. The zero-order valence-electron chi connectivity index (χ0n) is 55.6. The van der Waals surface area contributed by atoms with Crippen LogP contribution in [0, 0.1) is 11.8 Å². The van der Waals surface area contributed by atoms with Gasteiger partial charge in [-0.25, -0.2) is 9.13 Å². The molecule has 0 aromatic heterocycles. The van der Waals surface area contributed by atoms with E-state index in [2.05, 4.69) is 41.5 Å². The summed E-state index contributed by atoms with van der Waals surface area (Å²) < 4.78 is 68.0. The van der Waals surface area contributed by atoms with Crippen LogP contribution in [0.5, 0.6) is 0 Å². The van der Waals surface area contributed by atoms with Gasteiger partial charge in [0.2, 0.25) is 0 Å². The number of ether oxygens (including phenoxy) is 4. The molecular formula is C67H130O17P2. The lowest BCUT2D eigenvalue weighted by Gasteiger charge is -2.21. The molecule has 3 N–H and O–H groups in total. The van der Waals surface area contributed by atoms with Gasteiger partial charge in [0.15, 0.2) is 12.2 Å². The second-order valence-corrected chi connectivity index (χ2v) is 27.8. The molecule has 0 fully saturated rings. The quantitative estimate of drug-likeness (QED) is 0.0222. The van der Waals surface area contributed by atoms with Gasteiger partial charge in [-0.05, 0) is 37.5 Å². The van der Waals surface area contributed by atoms with Gasteiger partial charge in [-0.1, -0.05) is 286 Å². The minimum absolute atomic E-state index is 0.103. The lowest BCUT2D eigenvalue weighted by atomic mass is 10.00. The van der Waals surface area contributed by atoms with Crippen molar-refractivity contribution in [1.29, 1.82) is 0 Å². The third-order valence-electron chi connectivity index (χ3n) is 15.8. The zero-order valence-corrected chi connectivity index (χ0v) is 57.4. The number of phosphoric acid groups is 2. The Hall–Kier alpha value is -1.94. The number of esters is 4. The SMILES string of the molecule is CCCCCCCCCCCCCC(=O)OC[C@H](COP(=O)(O)OC[C@@H](O)COP(=O)(O)OC[C@@H](COC(=O)CCCCCCCCC)OC(=O)CCCCCCCCC(C)CC)OC(=O)CCCCCCCCCCCCCCCCCC(C)C. The standard InChI is InChI=1S/C67H130O17P2/c1-7-10-12-14-16-17-23-27-31-38-44-50-65(70)78-56-62(83-66(71)51-45-39-32-28-25-22-20-18-19-21-24-26-30-35-41-47-59(4)5)57-81-85(73,74)79-53-61(68)54-80-86(75,76)82-58-63(55-77-64(69)49-43-37-29-15-13-11-8-2)84-67(72)52-46-40-34-33-36-42-48-60(6)9-3/h59-63,68H,7-58H2,1-6H3,(H,73,74)(H,75,76)/t60?,61-,62-,63-/m1/s1. The van der Waals surface area contributed by atoms with Crippen molar-refractivity contribution in [2.45, 2.75) is 355 Å². The predicted octanol–water partition coefficient (Wildman–Crippen LogP) is 18.8. The van der Waals surface area contributed by atoms with Crippen molar-refractivity contribution in [3.63, 3.8) is 0 Å². The second-order valence-electron chi connectivity index (χ2n) is 24.9. The molecule has 17 nitrogen and oxygen atoms in total. The largest absolute Gasteiger partial charge is 0.472 e. The van der Waals surface area contributed by atoms with Gasteiger partial charge in [-0.15, -0.1) is 0 Å². The highest BCUT2D eigenvalue weighted by molar-refractivity contribution is 7.47. The predicted molar refractivity (Wildman–Crippen MR) is 345 cm³/mol. The summed E-state index contributed by atoms with van der Waals surface area (Å²) in [6.07, 6.45) is 43.2. The molecule has 0 aliphatic heterocycles. The van der Waals surface area contributed by atoms with Gasteiger partial charge in [0.1, 0.15) is 19.3 Å². The number of unbranched alkanes of at least 4 members (excludes halogenated alkanes) is 35. The molecule has 0 aliphatic rings. The number of carbonyl (C=O) groups excluding carboxylic acids is 4. The Bertz CT molecular complexity index is 1690. The summed E-state index contributed by atoms with van der Waals surface area (Å²) in [5.74, 6) is -0.612. The second kappa shape index (κ2) is 59.4. The summed E-state index contributed by atoms with van der Waals surface area (Å²) in [7, 11) is -9.89. The monoisotopic (exact) mass is 1270 g/mol. The summed E-state index contributed by atoms with van der Waals surface area (Å²) in [5, 5.41) is 10.5. The van der Waals surface area contributed by atoms with Crippen molar-refractivity contribution in [2.75, 3.05) is 39.6 Å². The number of aliphatic hydroxyl groups excluding tert-OH is 1. The van der Waals surface area contributed by atoms with E-state index in [9.17, 15) is 43.2 Å². The van der Waals surface area contributed by atoms with E-state index >= 15 is 0 Å². The first-order valence-electron chi connectivity index (χ1n) is 35.0. The molecule has 19 heteroatoms. The average molecular weight is 1270 g/mol.